The van der Waals surface area contributed by atoms with Crippen LogP contribution in [0.3, 0.4) is 0 Å². The van der Waals surface area contributed by atoms with Gasteiger partial charge in [-0.25, -0.2) is 21.6 Å². The second-order valence-corrected chi connectivity index (χ2v) is 8.23. The number of sulfone groups is 1. The third-order valence-electron chi connectivity index (χ3n) is 1.28. The van der Waals surface area contributed by atoms with Crippen LogP contribution in [-0.4, -0.2) is 40.1 Å². The summed E-state index contributed by atoms with van der Waals surface area (Å²) in [6.07, 6.45) is 0.889. The lowest BCUT2D eigenvalue weighted by Crippen LogP contribution is -2.33. The molecule has 1 unspecified atom stereocenters. The van der Waals surface area contributed by atoms with Crippen molar-refractivity contribution in [3.05, 3.63) is 0 Å². The molecule has 0 aromatic carbocycles. The van der Waals surface area contributed by atoms with Crippen LogP contribution in [0.2, 0.25) is 0 Å². The van der Waals surface area contributed by atoms with Crippen LogP contribution < -0.4 is 4.72 Å². The molecule has 0 heterocycles. The van der Waals surface area contributed by atoms with E-state index < -0.39 is 24.9 Å². The third kappa shape index (κ3) is 7.72. The molecule has 0 spiro atoms. The highest BCUT2D eigenvalue weighted by Crippen LogP contribution is 1.99. The van der Waals surface area contributed by atoms with Gasteiger partial charge in [-0.15, -0.1) is 0 Å². The second-order valence-electron chi connectivity index (χ2n) is 3.27. The minimum atomic E-state index is -3.70. The maximum Gasteiger partial charge on any atom is 0.226 e. The molecular weight excluding hydrogens is 294 g/mol. The number of rotatable bonds is 6. The first-order valence-corrected chi connectivity index (χ1v) is 8.71. The first-order chi connectivity index (χ1) is 6.16. The average molecular weight is 308 g/mol. The number of sulfonamides is 1. The van der Waals surface area contributed by atoms with Gasteiger partial charge in [0.2, 0.25) is 10.0 Å². The van der Waals surface area contributed by atoms with E-state index in [0.29, 0.717) is 5.33 Å². The van der Waals surface area contributed by atoms with Gasteiger partial charge in [0.15, 0.2) is 14.9 Å². The smallest absolute Gasteiger partial charge is 0.226 e. The predicted molar refractivity (Wildman–Crippen MR) is 59.6 cm³/mol. The van der Waals surface area contributed by atoms with Crippen LogP contribution in [0.15, 0.2) is 0 Å². The Hall–Kier alpha value is 0.340. The van der Waals surface area contributed by atoms with Crippen LogP contribution in [0.1, 0.15) is 6.92 Å². The number of hydrogen-bond donors (Lipinski definition) is 1. The Kier molecular flexibility index (Phi) is 5.56. The molecule has 0 bridgehead atoms. The first kappa shape index (κ1) is 14.3. The quantitative estimate of drug-likeness (QED) is 0.697. The van der Waals surface area contributed by atoms with Crippen molar-refractivity contribution < 1.29 is 16.8 Å². The van der Waals surface area contributed by atoms with Crippen molar-refractivity contribution in [1.82, 2.24) is 4.72 Å². The molecule has 0 aromatic heterocycles. The van der Waals surface area contributed by atoms with Crippen LogP contribution in [-0.2, 0) is 19.9 Å². The van der Waals surface area contributed by atoms with Crippen LogP contribution in [0.25, 0.3) is 0 Å². The maximum absolute atomic E-state index is 11.2. The summed E-state index contributed by atoms with van der Waals surface area (Å²) in [6.45, 7) is 2.08. The zero-order valence-corrected chi connectivity index (χ0v) is 11.2. The topological polar surface area (TPSA) is 80.3 Å². The normalized spacial score (nSPS) is 15.4. The van der Waals surface area contributed by atoms with E-state index in [9.17, 15) is 16.8 Å². The van der Waals surface area contributed by atoms with Crippen LogP contribution >= 0.6 is 15.9 Å². The van der Waals surface area contributed by atoms with Crippen molar-refractivity contribution >= 4 is 35.8 Å². The lowest BCUT2D eigenvalue weighted by Gasteiger charge is -2.09. The van der Waals surface area contributed by atoms with Gasteiger partial charge >= 0.3 is 0 Å². The van der Waals surface area contributed by atoms with Crippen molar-refractivity contribution in [1.29, 1.82) is 0 Å². The molecule has 1 atom stereocenters. The highest BCUT2D eigenvalue weighted by molar-refractivity contribution is 9.09. The molecule has 5 nitrogen and oxygen atoms in total. The molecule has 0 saturated carbocycles. The van der Waals surface area contributed by atoms with Crippen molar-refractivity contribution in [3.8, 4) is 0 Å². The Bertz CT molecular complexity index is 361. The van der Waals surface area contributed by atoms with E-state index in [1.165, 1.54) is 0 Å². The van der Waals surface area contributed by atoms with E-state index >= 15 is 0 Å². The lowest BCUT2D eigenvalue weighted by atomic mass is 10.2. The summed E-state index contributed by atoms with van der Waals surface area (Å²) in [5.74, 6) is 0.129. The fourth-order valence-corrected chi connectivity index (χ4v) is 4.00. The Labute approximate surface area is 93.4 Å². The van der Waals surface area contributed by atoms with Crippen molar-refractivity contribution in [3.63, 3.8) is 0 Å². The zero-order valence-electron chi connectivity index (χ0n) is 8.03. The number of halogens is 1. The van der Waals surface area contributed by atoms with Crippen LogP contribution in [0.5, 0.6) is 0 Å². The van der Waals surface area contributed by atoms with Crippen LogP contribution in [0.4, 0.5) is 0 Å². The predicted octanol–water partition coefficient (Wildman–Crippen LogP) is -0.0611. The fourth-order valence-electron chi connectivity index (χ4n) is 0.647. The molecule has 0 fully saturated rings. The summed E-state index contributed by atoms with van der Waals surface area (Å²) in [4.78, 5) is 0. The van der Waals surface area contributed by atoms with Crippen LogP contribution in [0, 0.1) is 5.92 Å². The van der Waals surface area contributed by atoms with Gasteiger partial charge in [-0.1, -0.05) is 22.9 Å². The SMILES string of the molecule is CC(CBr)CNS(=O)(=O)CS(C)(=O)=O. The molecule has 0 aliphatic heterocycles. The molecular formula is C6H14BrNO4S2. The summed E-state index contributed by atoms with van der Waals surface area (Å²) in [5.41, 5.74) is 0. The highest BCUT2D eigenvalue weighted by Gasteiger charge is 2.18. The minimum Gasteiger partial charge on any atom is -0.228 e. The van der Waals surface area contributed by atoms with E-state index in [1.54, 1.807) is 0 Å². The van der Waals surface area contributed by atoms with E-state index in [1.807, 2.05) is 6.92 Å². The molecule has 0 aliphatic carbocycles. The highest BCUT2D eigenvalue weighted by atomic mass is 79.9. The van der Waals surface area contributed by atoms with Gasteiger partial charge in [-0.05, 0) is 5.92 Å². The molecule has 86 valence electrons. The first-order valence-electron chi connectivity index (χ1n) is 3.87. The van der Waals surface area contributed by atoms with Gasteiger partial charge in [0.1, 0.15) is 0 Å². The number of hydrogen-bond acceptors (Lipinski definition) is 4. The van der Waals surface area contributed by atoms with Crippen molar-refractivity contribution in [2.24, 2.45) is 5.92 Å². The van der Waals surface area contributed by atoms with Gasteiger partial charge < -0.3 is 0 Å². The van der Waals surface area contributed by atoms with Gasteiger partial charge in [-0.2, -0.15) is 0 Å². The summed E-state index contributed by atoms with van der Waals surface area (Å²) >= 11 is 3.19. The number of alkyl halides is 1. The van der Waals surface area contributed by atoms with Gasteiger partial charge in [0.05, 0.1) is 0 Å². The monoisotopic (exact) mass is 307 g/mol. The molecule has 8 heteroatoms. The molecule has 1 N–H and O–H groups in total. The van der Waals surface area contributed by atoms with Gasteiger partial charge in [0.25, 0.3) is 0 Å². The van der Waals surface area contributed by atoms with Gasteiger partial charge in [0, 0.05) is 18.1 Å². The zero-order chi connectivity index (χ0) is 11.4. The van der Waals surface area contributed by atoms with E-state index in [0.717, 1.165) is 6.26 Å². The molecule has 0 aliphatic rings. The van der Waals surface area contributed by atoms with E-state index in [4.69, 9.17) is 0 Å². The molecule has 0 aromatic rings. The third-order valence-corrected chi connectivity index (χ3v) is 5.95. The molecule has 0 radical (unpaired) electrons. The summed E-state index contributed by atoms with van der Waals surface area (Å²) < 4.78 is 46.0. The van der Waals surface area contributed by atoms with Gasteiger partial charge in [-0.3, -0.25) is 0 Å². The Morgan fingerprint density at radius 3 is 2.14 bits per heavy atom. The van der Waals surface area contributed by atoms with Crippen molar-refractivity contribution in [2.75, 3.05) is 23.2 Å². The largest absolute Gasteiger partial charge is 0.228 e. The summed E-state index contributed by atoms with van der Waals surface area (Å²) in [6, 6.07) is 0. The average Bonchev–Trinajstić information content (AvgIpc) is 1.96. The van der Waals surface area contributed by atoms with Crippen molar-refractivity contribution in [2.45, 2.75) is 6.92 Å². The fraction of sp³-hybridized carbons (Fsp3) is 1.00. The Morgan fingerprint density at radius 1 is 1.29 bits per heavy atom. The molecule has 0 saturated heterocycles. The minimum absolute atomic E-state index is 0.129. The van der Waals surface area contributed by atoms with E-state index in [2.05, 4.69) is 20.7 Å². The Balaban J connectivity index is 4.24. The second kappa shape index (κ2) is 5.43. The molecule has 0 amide bonds. The van der Waals surface area contributed by atoms with E-state index in [-0.39, 0.29) is 12.5 Å². The summed E-state index contributed by atoms with van der Waals surface area (Å²) in [5, 5.41) is -0.191. The molecule has 14 heavy (non-hydrogen) atoms. The lowest BCUT2D eigenvalue weighted by molar-refractivity contribution is 0.564. The molecule has 0 rings (SSSR count). The standard InChI is InChI=1S/C6H14BrNO4S2/c1-6(3-7)4-8-14(11,12)5-13(2,9)10/h6,8H,3-5H2,1-2H3. The number of nitrogens with one attached hydrogen (secondary N) is 1. The summed E-state index contributed by atoms with van der Waals surface area (Å²) in [7, 11) is -7.20. The Morgan fingerprint density at radius 2 is 1.79 bits per heavy atom. The maximum atomic E-state index is 11.2.